The number of nitrogens with zero attached hydrogens (tertiary/aromatic N) is 4. The fourth-order valence-electron chi connectivity index (χ4n) is 2.21. The van der Waals surface area contributed by atoms with Crippen molar-refractivity contribution in [3.8, 4) is 0 Å². The lowest BCUT2D eigenvalue weighted by atomic mass is 10.2. The first kappa shape index (κ1) is 14.3. The van der Waals surface area contributed by atoms with Crippen molar-refractivity contribution in [1.82, 2.24) is 29.5 Å². The summed E-state index contributed by atoms with van der Waals surface area (Å²) in [7, 11) is 0. The van der Waals surface area contributed by atoms with E-state index in [1.807, 2.05) is 13.8 Å². The number of nitrogens with one attached hydrogen (secondary N) is 2. The van der Waals surface area contributed by atoms with Gasteiger partial charge in [-0.25, -0.2) is 19.8 Å². The van der Waals surface area contributed by atoms with E-state index in [4.69, 9.17) is 0 Å². The Morgan fingerprint density at radius 1 is 0.800 bits per heavy atom. The maximum absolute atomic E-state index is 11.4. The average Bonchev–Trinajstić information content (AvgIpc) is 2.90. The minimum absolute atomic E-state index is 0.150. The van der Waals surface area contributed by atoms with E-state index in [0.717, 1.165) is 37.3 Å². The van der Waals surface area contributed by atoms with Gasteiger partial charge in [0.25, 0.3) is 0 Å². The molecule has 0 aliphatic carbocycles. The predicted octanol–water partition coefficient (Wildman–Crippen LogP) is 0.334. The van der Waals surface area contributed by atoms with Crippen molar-refractivity contribution in [2.45, 2.75) is 52.6 Å². The van der Waals surface area contributed by atoms with Crippen molar-refractivity contribution in [1.29, 1.82) is 0 Å². The van der Waals surface area contributed by atoms with E-state index in [1.165, 1.54) is 0 Å². The number of aryl methyl sites for hydroxylation is 2. The average molecular weight is 280 g/mol. The minimum Gasteiger partial charge on any atom is -0.279 e. The Labute approximate surface area is 115 Å². The SMILES string of the molecule is Cc1n[nH]c(=O)n1CCCCCCn1c(C)n[nH]c1=O. The van der Waals surface area contributed by atoms with Gasteiger partial charge in [0.1, 0.15) is 11.6 Å². The standard InChI is InChI=1S/C12H20N6O2/c1-9-13-15-11(19)17(9)7-5-3-4-6-8-18-10(2)14-16-12(18)20/h3-8H2,1-2H3,(H,15,19)(H,16,20). The van der Waals surface area contributed by atoms with Crippen molar-refractivity contribution < 1.29 is 0 Å². The summed E-state index contributed by atoms with van der Waals surface area (Å²) in [6, 6.07) is 0. The number of aromatic amines is 2. The molecule has 0 saturated heterocycles. The van der Waals surface area contributed by atoms with Crippen LogP contribution in [0.25, 0.3) is 0 Å². The lowest BCUT2D eigenvalue weighted by Crippen LogP contribution is -2.18. The van der Waals surface area contributed by atoms with Crippen molar-refractivity contribution in [3.63, 3.8) is 0 Å². The summed E-state index contributed by atoms with van der Waals surface area (Å²) in [5.74, 6) is 1.44. The van der Waals surface area contributed by atoms with Crippen LogP contribution in [0.15, 0.2) is 9.59 Å². The van der Waals surface area contributed by atoms with Crippen LogP contribution in [0.1, 0.15) is 37.3 Å². The van der Waals surface area contributed by atoms with Gasteiger partial charge in [-0.1, -0.05) is 12.8 Å². The molecule has 0 unspecified atom stereocenters. The van der Waals surface area contributed by atoms with Crippen LogP contribution >= 0.6 is 0 Å². The Balaban J connectivity index is 1.68. The van der Waals surface area contributed by atoms with Crippen LogP contribution in [0, 0.1) is 13.8 Å². The number of unbranched alkanes of at least 4 members (excludes halogenated alkanes) is 3. The first-order valence-electron chi connectivity index (χ1n) is 6.83. The Bertz CT molecular complexity index is 604. The van der Waals surface area contributed by atoms with Gasteiger partial charge >= 0.3 is 11.4 Å². The third-order valence-electron chi connectivity index (χ3n) is 3.41. The van der Waals surface area contributed by atoms with Crippen LogP contribution in [0.5, 0.6) is 0 Å². The topological polar surface area (TPSA) is 101 Å². The molecule has 0 radical (unpaired) electrons. The molecule has 110 valence electrons. The molecule has 2 rings (SSSR count). The number of hydrogen-bond donors (Lipinski definition) is 2. The van der Waals surface area contributed by atoms with Crippen molar-refractivity contribution in [2.24, 2.45) is 0 Å². The zero-order valence-electron chi connectivity index (χ0n) is 11.8. The Morgan fingerprint density at radius 3 is 1.50 bits per heavy atom. The Morgan fingerprint density at radius 2 is 1.20 bits per heavy atom. The van der Waals surface area contributed by atoms with Gasteiger partial charge in [-0.05, 0) is 26.7 Å². The number of H-pyrrole nitrogens is 2. The zero-order valence-corrected chi connectivity index (χ0v) is 11.8. The molecule has 20 heavy (non-hydrogen) atoms. The lowest BCUT2D eigenvalue weighted by molar-refractivity contribution is 0.521. The van der Waals surface area contributed by atoms with Crippen LogP contribution < -0.4 is 11.4 Å². The molecule has 8 nitrogen and oxygen atoms in total. The van der Waals surface area contributed by atoms with Crippen molar-refractivity contribution >= 4 is 0 Å². The van der Waals surface area contributed by atoms with Crippen LogP contribution in [0.2, 0.25) is 0 Å². The van der Waals surface area contributed by atoms with E-state index in [0.29, 0.717) is 13.1 Å². The molecule has 0 atom stereocenters. The first-order valence-corrected chi connectivity index (χ1v) is 6.83. The lowest BCUT2D eigenvalue weighted by Gasteiger charge is -2.04. The normalized spacial score (nSPS) is 11.1. The molecule has 2 N–H and O–H groups in total. The van der Waals surface area contributed by atoms with Gasteiger partial charge in [0.2, 0.25) is 0 Å². The maximum atomic E-state index is 11.4. The third kappa shape index (κ3) is 3.25. The monoisotopic (exact) mass is 280 g/mol. The second kappa shape index (κ2) is 6.36. The van der Waals surface area contributed by atoms with Gasteiger partial charge in [0.15, 0.2) is 0 Å². The van der Waals surface area contributed by atoms with E-state index in [-0.39, 0.29) is 11.4 Å². The molecule has 0 saturated carbocycles. The number of rotatable bonds is 7. The summed E-state index contributed by atoms with van der Waals surface area (Å²) in [4.78, 5) is 22.8. The fourth-order valence-corrected chi connectivity index (χ4v) is 2.21. The highest BCUT2D eigenvalue weighted by atomic mass is 16.2. The number of hydrogen-bond acceptors (Lipinski definition) is 4. The van der Waals surface area contributed by atoms with E-state index >= 15 is 0 Å². The van der Waals surface area contributed by atoms with Crippen LogP contribution in [-0.4, -0.2) is 29.5 Å². The van der Waals surface area contributed by atoms with Gasteiger partial charge < -0.3 is 0 Å². The van der Waals surface area contributed by atoms with Gasteiger partial charge in [-0.2, -0.15) is 10.2 Å². The highest BCUT2D eigenvalue weighted by molar-refractivity contribution is 4.81. The van der Waals surface area contributed by atoms with Crippen molar-refractivity contribution in [2.75, 3.05) is 0 Å². The molecular formula is C12H20N6O2. The molecule has 0 bridgehead atoms. The maximum Gasteiger partial charge on any atom is 0.343 e. The van der Waals surface area contributed by atoms with Gasteiger partial charge in [-0.15, -0.1) is 0 Å². The molecule has 2 heterocycles. The molecule has 0 spiro atoms. The Kier molecular flexibility index (Phi) is 4.54. The quantitative estimate of drug-likeness (QED) is 0.714. The molecule has 2 aromatic rings. The van der Waals surface area contributed by atoms with E-state index in [1.54, 1.807) is 9.13 Å². The van der Waals surface area contributed by atoms with Crippen LogP contribution in [0.4, 0.5) is 0 Å². The van der Waals surface area contributed by atoms with E-state index < -0.39 is 0 Å². The van der Waals surface area contributed by atoms with E-state index in [9.17, 15) is 9.59 Å². The summed E-state index contributed by atoms with van der Waals surface area (Å²) in [5, 5.41) is 12.6. The van der Waals surface area contributed by atoms with Crippen molar-refractivity contribution in [3.05, 3.63) is 32.6 Å². The highest BCUT2D eigenvalue weighted by Crippen LogP contribution is 2.04. The smallest absolute Gasteiger partial charge is 0.279 e. The van der Waals surface area contributed by atoms with Gasteiger partial charge in [0, 0.05) is 13.1 Å². The van der Waals surface area contributed by atoms with Gasteiger partial charge in [0.05, 0.1) is 0 Å². The third-order valence-corrected chi connectivity index (χ3v) is 3.41. The summed E-state index contributed by atoms with van der Waals surface area (Å²) in [6.07, 6.45) is 3.89. The molecule has 0 aliphatic heterocycles. The Hall–Kier alpha value is -2.12. The summed E-state index contributed by atoms with van der Waals surface area (Å²) in [6.45, 7) is 5.00. The molecule has 0 aliphatic rings. The first-order chi connectivity index (χ1) is 9.59. The molecule has 0 amide bonds. The summed E-state index contributed by atoms with van der Waals surface area (Å²) < 4.78 is 3.29. The largest absolute Gasteiger partial charge is 0.343 e. The predicted molar refractivity (Wildman–Crippen MR) is 73.6 cm³/mol. The zero-order chi connectivity index (χ0) is 14.5. The molecule has 0 fully saturated rings. The van der Waals surface area contributed by atoms with Crippen LogP contribution in [0.3, 0.4) is 0 Å². The molecule has 0 aromatic carbocycles. The summed E-state index contributed by atoms with van der Waals surface area (Å²) in [5.41, 5.74) is -0.300. The number of aromatic nitrogens is 6. The highest BCUT2D eigenvalue weighted by Gasteiger charge is 2.04. The van der Waals surface area contributed by atoms with Crippen LogP contribution in [-0.2, 0) is 13.1 Å². The molecule has 2 aromatic heterocycles. The minimum atomic E-state index is -0.150. The second-order valence-electron chi connectivity index (χ2n) is 4.87. The molecular weight excluding hydrogens is 260 g/mol. The second-order valence-corrected chi connectivity index (χ2v) is 4.87. The van der Waals surface area contributed by atoms with Gasteiger partial charge in [-0.3, -0.25) is 9.13 Å². The molecule has 8 heteroatoms. The fraction of sp³-hybridized carbons (Fsp3) is 0.667. The van der Waals surface area contributed by atoms with E-state index in [2.05, 4.69) is 20.4 Å². The summed E-state index contributed by atoms with van der Waals surface area (Å²) >= 11 is 0.